The summed E-state index contributed by atoms with van der Waals surface area (Å²) >= 11 is 0. The molecule has 0 spiro atoms. The molecule has 0 atom stereocenters. The van der Waals surface area contributed by atoms with E-state index < -0.39 is 26.3 Å². The second kappa shape index (κ2) is 12.2. The third-order valence-electron chi connectivity index (χ3n) is 5.89. The van der Waals surface area contributed by atoms with E-state index in [2.05, 4.69) is 10.6 Å². The molecule has 2 amide bonds. The summed E-state index contributed by atoms with van der Waals surface area (Å²) in [6.07, 6.45) is 1.56. The van der Waals surface area contributed by atoms with Crippen molar-refractivity contribution in [3.8, 4) is 11.5 Å². The normalized spacial score (nSPS) is 11.4. The van der Waals surface area contributed by atoms with Gasteiger partial charge in [0.15, 0.2) is 5.75 Å². The minimum atomic E-state index is -4.13. The van der Waals surface area contributed by atoms with Crippen molar-refractivity contribution in [1.82, 2.24) is 0 Å². The summed E-state index contributed by atoms with van der Waals surface area (Å²) in [5.41, 5.74) is 2.47. The second-order valence-electron chi connectivity index (χ2n) is 8.67. The third kappa shape index (κ3) is 7.19. The van der Waals surface area contributed by atoms with Crippen LogP contribution in [0.5, 0.6) is 11.5 Å². The highest BCUT2D eigenvalue weighted by Gasteiger charge is 2.20. The Morgan fingerprint density at radius 3 is 1.65 bits per heavy atom. The van der Waals surface area contributed by atoms with Gasteiger partial charge in [0.25, 0.3) is 0 Å². The summed E-state index contributed by atoms with van der Waals surface area (Å²) in [6.45, 7) is 3.94. The summed E-state index contributed by atoms with van der Waals surface area (Å²) in [7, 11) is -8.15. The molecule has 11 heteroatoms. The van der Waals surface area contributed by atoms with Gasteiger partial charge >= 0.3 is 26.3 Å². The van der Waals surface area contributed by atoms with Crippen LogP contribution in [0.25, 0.3) is 0 Å². The van der Waals surface area contributed by atoms with Crippen LogP contribution in [0.15, 0.2) is 107 Å². The van der Waals surface area contributed by atoms with Crippen molar-refractivity contribution >= 4 is 37.6 Å². The van der Waals surface area contributed by atoms with Crippen LogP contribution in [-0.2, 0) is 33.1 Å². The van der Waals surface area contributed by atoms with E-state index >= 15 is 0 Å². The molecule has 208 valence electrons. The quantitative estimate of drug-likeness (QED) is 0.221. The minimum Gasteiger partial charge on any atom is -0.379 e. The molecule has 4 rings (SSSR count). The van der Waals surface area contributed by atoms with Gasteiger partial charge in [0.05, 0.1) is 5.69 Å². The van der Waals surface area contributed by atoms with Crippen LogP contribution in [-0.4, -0.2) is 22.9 Å². The first-order valence-electron chi connectivity index (χ1n) is 12.4. The number of amides is 2. The fourth-order valence-corrected chi connectivity index (χ4v) is 5.52. The van der Waals surface area contributed by atoms with Crippen LogP contribution >= 0.6 is 0 Å². The Kier molecular flexibility index (Phi) is 8.76. The predicted molar refractivity (Wildman–Crippen MR) is 153 cm³/mol. The molecule has 40 heavy (non-hydrogen) atoms. The Morgan fingerprint density at radius 2 is 1.12 bits per heavy atom. The molecule has 4 aromatic carbocycles. The number of rotatable bonds is 10. The van der Waals surface area contributed by atoms with Gasteiger partial charge < -0.3 is 19.0 Å². The SMILES string of the molecule is CCc1ccc(S(=O)(=O)Oc2ccc(NC(=O)Nc3ccccc3OS(=O)(=O)c3ccc(CC)cc3)cc2)cc1. The Labute approximate surface area is 234 Å². The molecule has 2 N–H and O–H groups in total. The highest BCUT2D eigenvalue weighted by Crippen LogP contribution is 2.28. The number of nitrogens with one attached hydrogen (secondary N) is 2. The number of urea groups is 1. The molecule has 0 fully saturated rings. The van der Waals surface area contributed by atoms with E-state index in [0.29, 0.717) is 5.69 Å². The maximum absolute atomic E-state index is 12.8. The molecule has 0 aliphatic rings. The van der Waals surface area contributed by atoms with Crippen molar-refractivity contribution in [2.24, 2.45) is 0 Å². The van der Waals surface area contributed by atoms with Crippen molar-refractivity contribution in [3.63, 3.8) is 0 Å². The third-order valence-corrected chi connectivity index (χ3v) is 8.40. The maximum atomic E-state index is 12.8. The van der Waals surface area contributed by atoms with Gasteiger partial charge in [-0.2, -0.15) is 16.8 Å². The molecule has 0 saturated heterocycles. The number of carbonyl (C=O) groups is 1. The van der Waals surface area contributed by atoms with Gasteiger partial charge in [-0.05, 0) is 84.6 Å². The van der Waals surface area contributed by atoms with E-state index in [1.165, 1.54) is 60.7 Å². The van der Waals surface area contributed by atoms with Crippen LogP contribution in [0.1, 0.15) is 25.0 Å². The standard InChI is InChI=1S/C29H28N2O7S2/c1-3-21-9-17-25(18-10-21)39(33,34)37-24-15-13-23(14-16-24)30-29(32)31-27-7-5-6-8-28(27)38-40(35,36)26-19-11-22(4-2)12-20-26/h5-20H,3-4H2,1-2H3,(H2,30,31,32). The van der Waals surface area contributed by atoms with E-state index in [1.54, 1.807) is 36.4 Å². The first kappa shape index (κ1) is 28.7. The molecule has 4 aromatic rings. The molecule has 0 aliphatic heterocycles. The van der Waals surface area contributed by atoms with Crippen LogP contribution in [0.3, 0.4) is 0 Å². The molecular weight excluding hydrogens is 552 g/mol. The van der Waals surface area contributed by atoms with E-state index in [1.807, 2.05) is 13.8 Å². The topological polar surface area (TPSA) is 128 Å². The lowest BCUT2D eigenvalue weighted by molar-refractivity contribution is 0.262. The van der Waals surface area contributed by atoms with Gasteiger partial charge in [-0.15, -0.1) is 0 Å². The van der Waals surface area contributed by atoms with Gasteiger partial charge in [-0.25, -0.2) is 4.79 Å². The lowest BCUT2D eigenvalue weighted by atomic mass is 10.2. The fourth-order valence-electron chi connectivity index (χ4n) is 3.65. The Hall–Kier alpha value is -4.35. The van der Waals surface area contributed by atoms with Crippen molar-refractivity contribution in [2.45, 2.75) is 36.5 Å². The summed E-state index contributed by atoms with van der Waals surface area (Å²) in [5, 5.41) is 5.17. The highest BCUT2D eigenvalue weighted by molar-refractivity contribution is 7.87. The predicted octanol–water partition coefficient (Wildman–Crippen LogP) is 5.99. The van der Waals surface area contributed by atoms with E-state index in [0.717, 1.165) is 24.0 Å². The molecule has 9 nitrogen and oxygen atoms in total. The van der Waals surface area contributed by atoms with Gasteiger partial charge in [0, 0.05) is 5.69 Å². The number of carbonyl (C=O) groups excluding carboxylic acids is 1. The number of para-hydroxylation sites is 2. The van der Waals surface area contributed by atoms with Gasteiger partial charge in [0.2, 0.25) is 0 Å². The Bertz CT molecular complexity index is 1690. The van der Waals surface area contributed by atoms with Crippen LogP contribution in [0.4, 0.5) is 16.2 Å². The molecule has 0 aliphatic carbocycles. The second-order valence-corrected chi connectivity index (χ2v) is 11.8. The van der Waals surface area contributed by atoms with Gasteiger partial charge in [0.1, 0.15) is 15.5 Å². The zero-order valence-corrected chi connectivity index (χ0v) is 23.5. The first-order chi connectivity index (χ1) is 19.1. The van der Waals surface area contributed by atoms with Crippen LogP contribution in [0.2, 0.25) is 0 Å². The molecule has 0 bridgehead atoms. The fraction of sp³-hybridized carbons (Fsp3) is 0.138. The molecular formula is C29H28N2O7S2. The van der Waals surface area contributed by atoms with E-state index in [9.17, 15) is 21.6 Å². The molecule has 0 aromatic heterocycles. The first-order valence-corrected chi connectivity index (χ1v) is 15.2. The van der Waals surface area contributed by atoms with E-state index in [4.69, 9.17) is 8.37 Å². The number of hydrogen-bond acceptors (Lipinski definition) is 7. The average molecular weight is 581 g/mol. The monoisotopic (exact) mass is 580 g/mol. The van der Waals surface area contributed by atoms with Crippen molar-refractivity contribution in [2.75, 3.05) is 10.6 Å². The molecule has 0 saturated carbocycles. The summed E-state index contributed by atoms with van der Waals surface area (Å²) in [6, 6.07) is 24.0. The number of benzene rings is 4. The zero-order valence-electron chi connectivity index (χ0n) is 21.8. The van der Waals surface area contributed by atoms with Crippen molar-refractivity contribution in [1.29, 1.82) is 0 Å². The van der Waals surface area contributed by atoms with Gasteiger partial charge in [-0.1, -0.05) is 50.2 Å². The lowest BCUT2D eigenvalue weighted by Crippen LogP contribution is -2.20. The molecule has 0 radical (unpaired) electrons. The minimum absolute atomic E-state index is 0.00810. The number of hydrogen-bond donors (Lipinski definition) is 2. The molecule has 0 heterocycles. The van der Waals surface area contributed by atoms with Crippen molar-refractivity contribution < 1.29 is 30.0 Å². The van der Waals surface area contributed by atoms with Crippen LogP contribution in [0, 0.1) is 0 Å². The number of aryl methyl sites for hydroxylation is 2. The smallest absolute Gasteiger partial charge is 0.339 e. The summed E-state index contributed by atoms with van der Waals surface area (Å²) in [5.74, 6) is 0.0135. The van der Waals surface area contributed by atoms with Crippen molar-refractivity contribution in [3.05, 3.63) is 108 Å². The van der Waals surface area contributed by atoms with Gasteiger partial charge in [-0.3, -0.25) is 0 Å². The lowest BCUT2D eigenvalue weighted by Gasteiger charge is -2.13. The van der Waals surface area contributed by atoms with Crippen LogP contribution < -0.4 is 19.0 Å². The summed E-state index contributed by atoms with van der Waals surface area (Å²) < 4.78 is 61.2. The van der Waals surface area contributed by atoms with E-state index in [-0.39, 0.29) is 27.0 Å². The maximum Gasteiger partial charge on any atom is 0.339 e. The highest BCUT2D eigenvalue weighted by atomic mass is 32.2. The average Bonchev–Trinajstić information content (AvgIpc) is 2.95. The Balaban J connectivity index is 1.40. The largest absolute Gasteiger partial charge is 0.379 e. The summed E-state index contributed by atoms with van der Waals surface area (Å²) in [4.78, 5) is 12.7. The molecule has 0 unspecified atom stereocenters. The number of anilines is 2. The zero-order chi connectivity index (χ0) is 28.8. The Morgan fingerprint density at radius 1 is 0.625 bits per heavy atom.